The molecular weight excluding hydrogens is 379 g/mol. The minimum Gasteiger partial charge on any atom is -0.542 e. The van der Waals surface area contributed by atoms with Gasteiger partial charge in [-0.2, -0.15) is 31.4 Å². The first-order valence-electron chi connectivity index (χ1n) is 7.67. The number of carboxylic acid groups (broad SMARTS) is 1. The van der Waals surface area contributed by atoms with E-state index in [1.165, 1.54) is 4.90 Å². The van der Waals surface area contributed by atoms with Gasteiger partial charge in [-0.15, -0.1) is 0 Å². The Kier molecular flexibility index (Phi) is 7.56. The van der Waals surface area contributed by atoms with Gasteiger partial charge in [-0.25, -0.2) is 5.14 Å². The molecule has 26 heavy (non-hydrogen) atoms. The molecule has 3 atom stereocenters. The Balaban J connectivity index is 0.000000412. The van der Waals surface area contributed by atoms with Gasteiger partial charge in [-0.1, -0.05) is 0 Å². The van der Waals surface area contributed by atoms with Crippen LogP contribution in [-0.4, -0.2) is 50.5 Å². The van der Waals surface area contributed by atoms with Crippen LogP contribution in [0.4, 0.5) is 13.2 Å². The first kappa shape index (κ1) is 22.3. The molecule has 1 aromatic rings. The molecule has 0 radical (unpaired) electrons. The van der Waals surface area contributed by atoms with E-state index >= 15 is 0 Å². The summed E-state index contributed by atoms with van der Waals surface area (Å²) in [6, 6.07) is -0.293. The quantitative estimate of drug-likeness (QED) is 0.512. The number of likely N-dealkylation sites (tertiary alicyclic amines) is 1. The van der Waals surface area contributed by atoms with E-state index in [0.717, 1.165) is 31.5 Å². The normalized spacial score (nSPS) is 22.2. The zero-order valence-corrected chi connectivity index (χ0v) is 15.1. The van der Waals surface area contributed by atoms with E-state index in [9.17, 15) is 21.6 Å². The molecule has 2 rings (SSSR count). The van der Waals surface area contributed by atoms with Gasteiger partial charge in [0.2, 0.25) is 0 Å². The van der Waals surface area contributed by atoms with Crippen molar-refractivity contribution in [1.82, 2.24) is 14.5 Å². The lowest BCUT2D eigenvalue weighted by Gasteiger charge is -2.32. The zero-order chi connectivity index (χ0) is 20.1. The van der Waals surface area contributed by atoms with Crippen molar-refractivity contribution in [3.05, 3.63) is 18.0 Å². The standard InChI is InChI=1S/C11H21N5O2S.C2HF3O2/c1-15-5-3-4-9(7-15)11(14-19(12,17)18)10-6-13-16(2)8-10;3-2(4,5)1(6)7/h6,8-9,11,14H,3-5,7H2,1-2H3,(H2,12,17,18);(H,6,7). The Morgan fingerprint density at radius 1 is 1.54 bits per heavy atom. The molecule has 4 N–H and O–H groups in total. The Bertz CT molecular complexity index is 707. The smallest absolute Gasteiger partial charge is 0.430 e. The molecule has 150 valence electrons. The maximum atomic E-state index is 11.4. The van der Waals surface area contributed by atoms with E-state index in [-0.39, 0.29) is 12.0 Å². The van der Waals surface area contributed by atoms with Gasteiger partial charge in [0.25, 0.3) is 10.2 Å². The molecule has 1 saturated heterocycles. The SMILES string of the molecule is Cn1cc(C(NS(N)(=O)=O)C2CCC[NH+](C)C2)cn1.O=C([O-])C(F)(F)F. The number of alkyl halides is 3. The van der Waals surface area contributed by atoms with E-state index < -0.39 is 22.4 Å². The summed E-state index contributed by atoms with van der Waals surface area (Å²) in [5, 5.41) is 18.0. The Labute approximate surface area is 149 Å². The number of hydrogen-bond acceptors (Lipinski definition) is 5. The number of quaternary nitrogens is 1. The van der Waals surface area contributed by atoms with Crippen molar-refractivity contribution in [3.63, 3.8) is 0 Å². The van der Waals surface area contributed by atoms with Gasteiger partial charge in [-0.3, -0.25) is 4.68 Å². The van der Waals surface area contributed by atoms with Gasteiger partial charge in [0, 0.05) is 24.7 Å². The fourth-order valence-electron chi connectivity index (χ4n) is 2.82. The van der Waals surface area contributed by atoms with Gasteiger partial charge < -0.3 is 14.8 Å². The van der Waals surface area contributed by atoms with Crippen LogP contribution in [0.3, 0.4) is 0 Å². The predicted molar refractivity (Wildman–Crippen MR) is 82.6 cm³/mol. The summed E-state index contributed by atoms with van der Waals surface area (Å²) in [6.45, 7) is 2.06. The lowest BCUT2D eigenvalue weighted by atomic mass is 9.88. The fourth-order valence-corrected chi connectivity index (χ4v) is 3.50. The summed E-state index contributed by atoms with van der Waals surface area (Å²) >= 11 is 0. The molecule has 13 heteroatoms. The average Bonchev–Trinajstić information content (AvgIpc) is 2.90. The number of aliphatic carboxylic acids is 1. The molecule has 1 aromatic heterocycles. The number of carboxylic acids is 1. The van der Waals surface area contributed by atoms with Crippen LogP contribution >= 0.6 is 0 Å². The number of hydrogen-bond donors (Lipinski definition) is 3. The van der Waals surface area contributed by atoms with Crippen LogP contribution in [0.5, 0.6) is 0 Å². The Morgan fingerprint density at radius 3 is 2.50 bits per heavy atom. The second-order valence-electron chi connectivity index (χ2n) is 6.19. The summed E-state index contributed by atoms with van der Waals surface area (Å²) < 4.78 is 58.5. The van der Waals surface area contributed by atoms with Crippen LogP contribution in [0, 0.1) is 5.92 Å². The molecule has 0 bridgehead atoms. The molecule has 0 spiro atoms. The highest BCUT2D eigenvalue weighted by molar-refractivity contribution is 7.87. The van der Waals surface area contributed by atoms with Crippen molar-refractivity contribution >= 4 is 16.2 Å². The summed E-state index contributed by atoms with van der Waals surface area (Å²) in [7, 11) is 0.218. The summed E-state index contributed by atoms with van der Waals surface area (Å²) in [6.07, 6.45) is 0.443. The Hall–Kier alpha value is -1.70. The second-order valence-corrected chi connectivity index (χ2v) is 7.51. The molecule has 3 unspecified atom stereocenters. The van der Waals surface area contributed by atoms with Gasteiger partial charge >= 0.3 is 6.18 Å². The fraction of sp³-hybridized carbons (Fsp3) is 0.692. The maximum Gasteiger partial charge on any atom is 0.430 e. The highest BCUT2D eigenvalue weighted by Gasteiger charge is 2.32. The van der Waals surface area contributed by atoms with Crippen LogP contribution in [0.15, 0.2) is 12.4 Å². The largest absolute Gasteiger partial charge is 0.542 e. The average molecular weight is 401 g/mol. The van der Waals surface area contributed by atoms with Crippen molar-refractivity contribution in [1.29, 1.82) is 0 Å². The maximum absolute atomic E-state index is 11.4. The van der Waals surface area contributed by atoms with Crippen molar-refractivity contribution in [3.8, 4) is 0 Å². The third-order valence-corrected chi connectivity index (χ3v) is 4.45. The van der Waals surface area contributed by atoms with Crippen molar-refractivity contribution in [2.45, 2.75) is 25.1 Å². The van der Waals surface area contributed by atoms with Crippen LogP contribution in [-0.2, 0) is 22.1 Å². The molecule has 1 fully saturated rings. The molecule has 0 saturated carbocycles. The summed E-state index contributed by atoms with van der Waals surface area (Å²) in [5.74, 6) is -2.76. The monoisotopic (exact) mass is 401 g/mol. The van der Waals surface area contributed by atoms with Gasteiger partial charge in [0.1, 0.15) is 5.97 Å². The van der Waals surface area contributed by atoms with Gasteiger partial charge in [-0.05, 0) is 12.8 Å². The molecule has 9 nitrogen and oxygen atoms in total. The number of aromatic nitrogens is 2. The topological polar surface area (TPSA) is 135 Å². The molecular formula is C13H22F3N5O4S. The zero-order valence-electron chi connectivity index (χ0n) is 14.3. The summed E-state index contributed by atoms with van der Waals surface area (Å²) in [4.78, 5) is 10.2. The number of nitrogens with zero attached hydrogens (tertiary/aromatic N) is 2. The van der Waals surface area contributed by atoms with E-state index in [1.807, 2.05) is 13.2 Å². The van der Waals surface area contributed by atoms with Crippen molar-refractivity contribution in [2.24, 2.45) is 18.1 Å². The molecule has 2 heterocycles. The van der Waals surface area contributed by atoms with E-state index in [0.29, 0.717) is 0 Å². The number of carbonyl (C=O) groups is 1. The molecule has 1 aliphatic heterocycles. The van der Waals surface area contributed by atoms with Crippen LogP contribution in [0.25, 0.3) is 0 Å². The second kappa shape index (κ2) is 8.79. The van der Waals surface area contributed by atoms with Crippen molar-refractivity contribution in [2.75, 3.05) is 20.1 Å². The number of aryl methyl sites for hydroxylation is 1. The van der Waals surface area contributed by atoms with Gasteiger partial charge in [0.05, 0.1) is 32.4 Å². The van der Waals surface area contributed by atoms with Crippen LogP contribution in [0.2, 0.25) is 0 Å². The number of nitrogens with two attached hydrogens (primary N) is 1. The minimum absolute atomic E-state index is 0.247. The number of rotatable bonds is 4. The van der Waals surface area contributed by atoms with E-state index in [4.69, 9.17) is 15.0 Å². The third kappa shape index (κ3) is 7.68. The highest BCUT2D eigenvalue weighted by atomic mass is 32.2. The number of carbonyl (C=O) groups excluding carboxylic acids is 1. The summed E-state index contributed by atoms with van der Waals surface area (Å²) in [5.41, 5.74) is 0.872. The molecule has 0 aliphatic carbocycles. The number of nitrogens with one attached hydrogen (secondary N) is 2. The molecule has 1 aliphatic rings. The number of halogens is 3. The van der Waals surface area contributed by atoms with Crippen LogP contribution in [0.1, 0.15) is 24.4 Å². The lowest BCUT2D eigenvalue weighted by molar-refractivity contribution is -0.889. The van der Waals surface area contributed by atoms with Gasteiger partial charge in [0.15, 0.2) is 0 Å². The third-order valence-electron chi connectivity index (χ3n) is 3.87. The lowest BCUT2D eigenvalue weighted by Crippen LogP contribution is -3.10. The Morgan fingerprint density at radius 2 is 2.12 bits per heavy atom. The highest BCUT2D eigenvalue weighted by Crippen LogP contribution is 2.26. The minimum atomic E-state index is -5.19. The van der Waals surface area contributed by atoms with E-state index in [2.05, 4.69) is 16.9 Å². The molecule has 0 aromatic carbocycles. The predicted octanol–water partition coefficient (Wildman–Crippen LogP) is -2.52. The first-order valence-corrected chi connectivity index (χ1v) is 9.22. The van der Waals surface area contributed by atoms with Crippen LogP contribution < -0.4 is 19.9 Å². The molecule has 0 amide bonds. The first-order chi connectivity index (χ1) is 11.8. The number of piperidine rings is 1. The van der Waals surface area contributed by atoms with Crippen molar-refractivity contribution < 1.29 is 36.4 Å². The van der Waals surface area contributed by atoms with E-state index in [1.54, 1.807) is 10.9 Å².